The van der Waals surface area contributed by atoms with Crippen molar-refractivity contribution in [1.82, 2.24) is 0 Å². The maximum Gasteiger partial charge on any atom is 0.373 e. The minimum atomic E-state index is -1.76. The average molecular weight is 735 g/mol. The van der Waals surface area contributed by atoms with E-state index in [1.807, 2.05) is 53.7 Å². The molecule has 0 amide bonds. The molecule has 3 N–H and O–H groups in total. The number of carbonyl (C=O) groups excluding carboxylic acids is 2. The number of rotatable bonds is 11. The van der Waals surface area contributed by atoms with Crippen molar-refractivity contribution in [3.8, 4) is 0 Å². The van der Waals surface area contributed by atoms with E-state index in [9.17, 15) is 24.6 Å². The third-order valence-electron chi connectivity index (χ3n) is 10.4. The standard InChI is InChI=1S/C40H62O12/c1-22(2)37-27(7)32(49-12)21-40(52-37,51-34(43)17-16-33(41)42)29(9)36(45)28(8)38-30(47-10)15-13-14-23(3)18-25(5)35(44)26(6)19-24(4)20-31(48-11)39(46)50-38/h13-17,19-20,22,25-30,32,35-38,44-45H,18,21H2,1-12H3,(H,41,42)/b15-13+,17-16+,23-14+,24-19-,31-20+/t25-,26+,27+,28-,29-,30-,32-,35+,36+,37-,38?,40-/m0/s1. The van der Waals surface area contributed by atoms with E-state index in [1.54, 1.807) is 46.1 Å². The number of methoxy groups -OCH3 is 3. The molecule has 2 aliphatic rings. The predicted octanol–water partition coefficient (Wildman–Crippen LogP) is 5.54. The molecule has 1 saturated heterocycles. The lowest BCUT2D eigenvalue weighted by molar-refractivity contribution is -0.333. The van der Waals surface area contributed by atoms with Gasteiger partial charge in [0.25, 0.3) is 0 Å². The van der Waals surface area contributed by atoms with E-state index in [4.69, 9.17) is 33.5 Å². The zero-order valence-corrected chi connectivity index (χ0v) is 32.9. The zero-order valence-electron chi connectivity index (χ0n) is 32.9. The maximum atomic E-state index is 13.7. The van der Waals surface area contributed by atoms with Gasteiger partial charge in [0.15, 0.2) is 0 Å². The van der Waals surface area contributed by atoms with Crippen LogP contribution in [0, 0.1) is 35.5 Å². The number of carbonyl (C=O) groups is 3. The number of carboxylic acids is 1. The summed E-state index contributed by atoms with van der Waals surface area (Å²) in [5.41, 5.74) is 1.70. The average Bonchev–Trinajstić information content (AvgIpc) is 3.09. The number of ether oxygens (including phenoxy) is 6. The van der Waals surface area contributed by atoms with Crippen LogP contribution < -0.4 is 0 Å². The minimum absolute atomic E-state index is 0.0399. The van der Waals surface area contributed by atoms with Crippen molar-refractivity contribution in [3.05, 3.63) is 59.4 Å². The maximum absolute atomic E-state index is 13.7. The molecular formula is C40H62O12. The molecule has 0 aromatic carbocycles. The van der Waals surface area contributed by atoms with Gasteiger partial charge in [-0.05, 0) is 38.2 Å². The number of hydrogen-bond acceptors (Lipinski definition) is 11. The zero-order chi connectivity index (χ0) is 39.5. The quantitative estimate of drug-likeness (QED) is 0.180. The van der Waals surface area contributed by atoms with Gasteiger partial charge >= 0.3 is 17.9 Å². The fourth-order valence-electron chi connectivity index (χ4n) is 7.30. The highest BCUT2D eigenvalue weighted by Gasteiger charge is 2.55. The van der Waals surface area contributed by atoms with Crippen molar-refractivity contribution in [2.24, 2.45) is 35.5 Å². The number of aliphatic hydroxyl groups excluding tert-OH is 2. The lowest BCUT2D eigenvalue weighted by Gasteiger charge is -2.51. The van der Waals surface area contributed by atoms with Crippen LogP contribution >= 0.6 is 0 Å². The molecule has 2 heterocycles. The Morgan fingerprint density at radius 3 is 2.23 bits per heavy atom. The third kappa shape index (κ3) is 11.9. The molecule has 1 unspecified atom stereocenters. The molecule has 2 rings (SSSR count). The first kappa shape index (κ1) is 44.9. The molecule has 2 aliphatic heterocycles. The second-order valence-electron chi connectivity index (χ2n) is 14.8. The molecule has 12 nitrogen and oxygen atoms in total. The van der Waals surface area contributed by atoms with Crippen LogP contribution in [-0.2, 0) is 42.8 Å². The number of aliphatic carboxylic acids is 1. The van der Waals surface area contributed by atoms with Gasteiger partial charge in [-0.15, -0.1) is 0 Å². The third-order valence-corrected chi connectivity index (χ3v) is 10.4. The molecule has 0 spiro atoms. The van der Waals surface area contributed by atoms with Crippen LogP contribution in [0.3, 0.4) is 0 Å². The topological polar surface area (TPSA) is 167 Å². The smallest absolute Gasteiger partial charge is 0.373 e. The first-order valence-corrected chi connectivity index (χ1v) is 18.0. The molecule has 0 radical (unpaired) electrons. The van der Waals surface area contributed by atoms with Gasteiger partial charge in [-0.1, -0.05) is 83.9 Å². The summed E-state index contributed by atoms with van der Waals surface area (Å²) in [6.45, 7) is 16.9. The monoisotopic (exact) mass is 734 g/mol. The van der Waals surface area contributed by atoms with Crippen LogP contribution in [0.5, 0.6) is 0 Å². The van der Waals surface area contributed by atoms with Gasteiger partial charge in [-0.25, -0.2) is 14.4 Å². The highest BCUT2D eigenvalue weighted by Crippen LogP contribution is 2.45. The highest BCUT2D eigenvalue weighted by atomic mass is 16.7. The van der Waals surface area contributed by atoms with Crippen molar-refractivity contribution in [1.29, 1.82) is 0 Å². The van der Waals surface area contributed by atoms with Gasteiger partial charge in [-0.3, -0.25) is 0 Å². The number of hydrogen-bond donors (Lipinski definition) is 3. The summed E-state index contributed by atoms with van der Waals surface area (Å²) >= 11 is 0. The van der Waals surface area contributed by atoms with Crippen molar-refractivity contribution in [2.45, 2.75) is 118 Å². The summed E-state index contributed by atoms with van der Waals surface area (Å²) in [7, 11) is 4.37. The fraction of sp³-hybridized carbons (Fsp3) is 0.675. The van der Waals surface area contributed by atoms with Gasteiger partial charge < -0.3 is 43.7 Å². The number of aliphatic hydroxyl groups is 2. The number of carboxylic acid groups (broad SMARTS) is 1. The first-order chi connectivity index (χ1) is 24.3. The Hall–Kier alpha value is -3.29. The van der Waals surface area contributed by atoms with Crippen molar-refractivity contribution in [3.63, 3.8) is 0 Å². The molecule has 0 aromatic rings. The van der Waals surface area contributed by atoms with Crippen LogP contribution in [0.15, 0.2) is 59.4 Å². The molecule has 0 bridgehead atoms. The number of esters is 2. The molecule has 52 heavy (non-hydrogen) atoms. The lowest BCUT2D eigenvalue weighted by Crippen LogP contribution is -2.61. The van der Waals surface area contributed by atoms with E-state index in [2.05, 4.69) is 0 Å². The number of allylic oxidation sites excluding steroid dienone is 5. The van der Waals surface area contributed by atoms with Gasteiger partial charge in [0.2, 0.25) is 11.5 Å². The Kier molecular flexibility index (Phi) is 17.5. The van der Waals surface area contributed by atoms with Crippen LogP contribution in [0.1, 0.15) is 75.2 Å². The van der Waals surface area contributed by atoms with E-state index >= 15 is 0 Å². The Balaban J connectivity index is 2.69. The van der Waals surface area contributed by atoms with E-state index < -0.39 is 72.2 Å². The largest absolute Gasteiger partial charge is 0.490 e. The molecular weight excluding hydrogens is 672 g/mol. The summed E-state index contributed by atoms with van der Waals surface area (Å²) in [5, 5.41) is 32.3. The van der Waals surface area contributed by atoms with Gasteiger partial charge in [0.05, 0.1) is 31.5 Å². The summed E-state index contributed by atoms with van der Waals surface area (Å²) in [5.74, 6) is -7.15. The lowest BCUT2D eigenvalue weighted by atomic mass is 9.76. The molecule has 0 saturated carbocycles. The van der Waals surface area contributed by atoms with E-state index in [1.165, 1.54) is 14.2 Å². The highest BCUT2D eigenvalue weighted by molar-refractivity contribution is 5.91. The number of cyclic esters (lactones) is 1. The fourth-order valence-corrected chi connectivity index (χ4v) is 7.30. The van der Waals surface area contributed by atoms with E-state index in [-0.39, 0.29) is 35.9 Å². The molecule has 0 aromatic heterocycles. The molecule has 0 aliphatic carbocycles. The Bertz CT molecular complexity index is 1360. The summed E-state index contributed by atoms with van der Waals surface area (Å²) < 4.78 is 35.8. The SMILES string of the molecule is CO/C1=C/C(C)=C\[C@@H](C)[C@H](O)[C@@H](C)C/C(C)=C/C=C/[C@H](OC)C([C@@H](C)[C@@H](O)[C@H](C)[C@]2(OC(=O)/C=C/C(=O)O)C[C@H](OC)[C@@H](C)[C@H](C(C)C)O2)OC1=O. The predicted molar refractivity (Wildman–Crippen MR) is 196 cm³/mol. The van der Waals surface area contributed by atoms with Crippen LogP contribution in [0.4, 0.5) is 0 Å². The summed E-state index contributed by atoms with van der Waals surface area (Å²) in [6, 6.07) is 0. The second-order valence-corrected chi connectivity index (χ2v) is 14.8. The van der Waals surface area contributed by atoms with Gasteiger partial charge in [-0.2, -0.15) is 0 Å². The normalized spacial score (nSPS) is 36.6. The van der Waals surface area contributed by atoms with Gasteiger partial charge in [0, 0.05) is 56.5 Å². The Morgan fingerprint density at radius 1 is 1.02 bits per heavy atom. The Labute approximate surface area is 309 Å². The summed E-state index contributed by atoms with van der Waals surface area (Å²) in [4.78, 5) is 38.0. The second kappa shape index (κ2) is 20.2. The first-order valence-electron chi connectivity index (χ1n) is 18.0. The molecule has 12 heteroatoms. The van der Waals surface area contributed by atoms with Crippen LogP contribution in [-0.4, -0.2) is 97.0 Å². The van der Waals surface area contributed by atoms with Crippen LogP contribution in [0.25, 0.3) is 0 Å². The Morgan fingerprint density at radius 2 is 1.67 bits per heavy atom. The van der Waals surface area contributed by atoms with Crippen molar-refractivity contribution in [2.75, 3.05) is 21.3 Å². The summed E-state index contributed by atoms with van der Waals surface area (Å²) in [6.07, 6.45) is 6.20. The molecule has 12 atom stereocenters. The van der Waals surface area contributed by atoms with Gasteiger partial charge in [0.1, 0.15) is 12.2 Å². The van der Waals surface area contributed by atoms with E-state index in [0.29, 0.717) is 18.1 Å². The molecule has 1 fully saturated rings. The minimum Gasteiger partial charge on any atom is -0.490 e. The van der Waals surface area contributed by atoms with Crippen molar-refractivity contribution >= 4 is 17.9 Å². The van der Waals surface area contributed by atoms with E-state index in [0.717, 1.165) is 11.6 Å². The molecule has 294 valence electrons. The van der Waals surface area contributed by atoms with Crippen molar-refractivity contribution < 1.29 is 58.1 Å². The van der Waals surface area contributed by atoms with Crippen LogP contribution in [0.2, 0.25) is 0 Å².